The molecule has 2 amide bonds. The van der Waals surface area contributed by atoms with Crippen molar-refractivity contribution in [3.63, 3.8) is 0 Å². The number of aromatic nitrogens is 3. The van der Waals surface area contributed by atoms with Gasteiger partial charge in [0.25, 0.3) is 0 Å². The Hall–Kier alpha value is -2.64. The number of halogens is 1. The minimum Gasteiger partial charge on any atom is -0.488 e. The lowest BCUT2D eigenvalue weighted by atomic mass is 10.2. The summed E-state index contributed by atoms with van der Waals surface area (Å²) >= 11 is 0. The molecule has 1 aliphatic carbocycles. The predicted molar refractivity (Wildman–Crippen MR) is 86.2 cm³/mol. The highest BCUT2D eigenvalue weighted by atomic mass is 19.1. The Bertz CT molecular complexity index is 686. The lowest BCUT2D eigenvalue weighted by Crippen LogP contribution is -2.32. The Morgan fingerprint density at radius 1 is 1.42 bits per heavy atom. The topological polar surface area (TPSA) is 91.9 Å². The van der Waals surface area contributed by atoms with Gasteiger partial charge in [0.2, 0.25) is 0 Å². The smallest absolute Gasteiger partial charge is 0.319 e. The molecule has 1 aliphatic rings. The van der Waals surface area contributed by atoms with Crippen LogP contribution in [-0.2, 0) is 0 Å². The molecule has 1 aromatic heterocycles. The van der Waals surface area contributed by atoms with Crippen LogP contribution < -0.4 is 15.4 Å². The zero-order valence-corrected chi connectivity index (χ0v) is 13.4. The minimum atomic E-state index is -0.429. The second-order valence-corrected chi connectivity index (χ2v) is 5.86. The Morgan fingerprint density at radius 2 is 2.21 bits per heavy atom. The van der Waals surface area contributed by atoms with Crippen molar-refractivity contribution >= 4 is 11.7 Å². The number of nitrogens with zero attached hydrogens (tertiary/aromatic N) is 2. The number of anilines is 1. The van der Waals surface area contributed by atoms with Gasteiger partial charge in [-0.3, -0.25) is 5.10 Å². The summed E-state index contributed by atoms with van der Waals surface area (Å²) in [5.74, 6) is 0.500. The van der Waals surface area contributed by atoms with E-state index in [0.717, 1.165) is 25.7 Å². The molecule has 3 N–H and O–H groups in total. The number of ether oxygens (including phenoxy) is 1. The van der Waals surface area contributed by atoms with Gasteiger partial charge in [0.05, 0.1) is 17.8 Å². The molecule has 8 heteroatoms. The summed E-state index contributed by atoms with van der Waals surface area (Å²) in [6.45, 7) is 1.78. The number of rotatable bonds is 5. The van der Waals surface area contributed by atoms with Gasteiger partial charge in [-0.25, -0.2) is 14.2 Å². The lowest BCUT2D eigenvalue weighted by Gasteiger charge is -2.18. The third-order valence-electron chi connectivity index (χ3n) is 3.98. The van der Waals surface area contributed by atoms with Crippen molar-refractivity contribution in [2.45, 2.75) is 44.8 Å². The number of urea groups is 1. The first-order valence-electron chi connectivity index (χ1n) is 8.01. The summed E-state index contributed by atoms with van der Waals surface area (Å²) in [4.78, 5) is 16.1. The van der Waals surface area contributed by atoms with Crippen molar-refractivity contribution in [1.82, 2.24) is 20.5 Å². The molecule has 2 aromatic rings. The van der Waals surface area contributed by atoms with Crippen LogP contribution in [0.1, 0.15) is 44.5 Å². The predicted octanol–water partition coefficient (Wildman–Crippen LogP) is 3.15. The van der Waals surface area contributed by atoms with Crippen LogP contribution in [0.3, 0.4) is 0 Å². The molecule has 7 nitrogen and oxygen atoms in total. The Kier molecular flexibility index (Phi) is 4.93. The molecule has 3 rings (SSSR count). The Labute approximate surface area is 139 Å². The van der Waals surface area contributed by atoms with Crippen molar-refractivity contribution < 1.29 is 13.9 Å². The molecule has 0 bridgehead atoms. The SMILES string of the molecule is C[C@H](NC(=O)Nc1ccc(F)cc1OC1CCCC1)c1ncn[nH]1. The molecule has 24 heavy (non-hydrogen) atoms. The summed E-state index contributed by atoms with van der Waals surface area (Å²) in [5, 5.41) is 11.9. The van der Waals surface area contributed by atoms with E-state index in [-0.39, 0.29) is 12.1 Å². The largest absolute Gasteiger partial charge is 0.488 e. The van der Waals surface area contributed by atoms with Crippen molar-refractivity contribution in [2.75, 3.05) is 5.32 Å². The summed E-state index contributed by atoms with van der Waals surface area (Å²) in [6, 6.07) is 3.32. The van der Waals surface area contributed by atoms with Crippen LogP contribution in [0.2, 0.25) is 0 Å². The maximum absolute atomic E-state index is 13.5. The van der Waals surface area contributed by atoms with Gasteiger partial charge in [-0.05, 0) is 44.7 Å². The van der Waals surface area contributed by atoms with Crippen LogP contribution in [0.4, 0.5) is 14.9 Å². The van der Waals surface area contributed by atoms with Gasteiger partial charge in [0.15, 0.2) is 0 Å². The molecule has 0 aliphatic heterocycles. The average Bonchev–Trinajstić information content (AvgIpc) is 3.23. The number of carbonyl (C=O) groups is 1. The van der Waals surface area contributed by atoms with Gasteiger partial charge in [0.1, 0.15) is 23.7 Å². The fourth-order valence-corrected chi connectivity index (χ4v) is 2.73. The van der Waals surface area contributed by atoms with E-state index in [1.165, 1.54) is 24.5 Å². The lowest BCUT2D eigenvalue weighted by molar-refractivity contribution is 0.210. The number of amides is 2. The highest BCUT2D eigenvalue weighted by molar-refractivity contribution is 5.91. The van der Waals surface area contributed by atoms with Crippen molar-refractivity contribution in [3.8, 4) is 5.75 Å². The van der Waals surface area contributed by atoms with Gasteiger partial charge in [-0.2, -0.15) is 5.10 Å². The number of nitrogens with one attached hydrogen (secondary N) is 3. The van der Waals surface area contributed by atoms with Crippen LogP contribution in [-0.4, -0.2) is 27.3 Å². The number of hydrogen-bond acceptors (Lipinski definition) is 4. The van der Waals surface area contributed by atoms with Crippen LogP contribution in [0.5, 0.6) is 5.75 Å². The van der Waals surface area contributed by atoms with E-state index in [1.54, 1.807) is 6.92 Å². The van der Waals surface area contributed by atoms with Gasteiger partial charge >= 0.3 is 6.03 Å². The number of carbonyl (C=O) groups excluding carboxylic acids is 1. The molecule has 0 unspecified atom stereocenters. The molecule has 1 atom stereocenters. The highest BCUT2D eigenvalue weighted by Crippen LogP contribution is 2.30. The first kappa shape index (κ1) is 16.2. The van der Waals surface area contributed by atoms with E-state index in [0.29, 0.717) is 17.3 Å². The molecule has 128 valence electrons. The molecule has 1 heterocycles. The molecular weight excluding hydrogens is 313 g/mol. The monoisotopic (exact) mass is 333 g/mol. The third-order valence-corrected chi connectivity index (χ3v) is 3.98. The maximum Gasteiger partial charge on any atom is 0.319 e. The zero-order valence-electron chi connectivity index (χ0n) is 13.4. The van der Waals surface area contributed by atoms with E-state index in [9.17, 15) is 9.18 Å². The second-order valence-electron chi connectivity index (χ2n) is 5.86. The van der Waals surface area contributed by atoms with Crippen molar-refractivity contribution in [1.29, 1.82) is 0 Å². The second kappa shape index (κ2) is 7.29. The normalized spacial score (nSPS) is 15.9. The number of benzene rings is 1. The third kappa shape index (κ3) is 4.01. The molecule has 0 spiro atoms. The van der Waals surface area contributed by atoms with E-state index in [1.807, 2.05) is 0 Å². The average molecular weight is 333 g/mol. The van der Waals surface area contributed by atoms with E-state index >= 15 is 0 Å². The number of H-pyrrole nitrogens is 1. The summed E-state index contributed by atoms with van der Waals surface area (Å²) in [6.07, 6.45) is 5.56. The van der Waals surface area contributed by atoms with Crippen LogP contribution in [0.25, 0.3) is 0 Å². The summed E-state index contributed by atoms with van der Waals surface area (Å²) in [7, 11) is 0. The van der Waals surface area contributed by atoms with Crippen LogP contribution in [0.15, 0.2) is 24.5 Å². The molecule has 1 saturated carbocycles. The summed E-state index contributed by atoms with van der Waals surface area (Å²) in [5.41, 5.74) is 0.436. The molecule has 0 radical (unpaired) electrons. The van der Waals surface area contributed by atoms with E-state index in [4.69, 9.17) is 4.74 Å². The van der Waals surface area contributed by atoms with Gasteiger partial charge in [-0.1, -0.05) is 0 Å². The molecule has 1 fully saturated rings. The first-order chi connectivity index (χ1) is 11.6. The number of hydrogen-bond donors (Lipinski definition) is 3. The zero-order chi connectivity index (χ0) is 16.9. The fourth-order valence-electron chi connectivity index (χ4n) is 2.73. The van der Waals surface area contributed by atoms with Gasteiger partial charge in [0, 0.05) is 6.07 Å². The van der Waals surface area contributed by atoms with E-state index in [2.05, 4.69) is 25.8 Å². The maximum atomic E-state index is 13.5. The van der Waals surface area contributed by atoms with Crippen molar-refractivity contribution in [2.24, 2.45) is 0 Å². The quantitative estimate of drug-likeness (QED) is 0.784. The Balaban J connectivity index is 1.66. The molecular formula is C16H20FN5O2. The van der Waals surface area contributed by atoms with Crippen molar-refractivity contribution in [3.05, 3.63) is 36.2 Å². The fraction of sp³-hybridized carbons (Fsp3) is 0.438. The Morgan fingerprint density at radius 3 is 2.92 bits per heavy atom. The highest BCUT2D eigenvalue weighted by Gasteiger charge is 2.19. The summed E-state index contributed by atoms with van der Waals surface area (Å²) < 4.78 is 19.4. The molecule has 1 aromatic carbocycles. The standard InChI is InChI=1S/C16H20FN5O2/c1-10(15-18-9-19-22-15)20-16(23)21-13-7-6-11(17)8-14(13)24-12-4-2-3-5-12/h6-10,12H,2-5H2,1H3,(H,18,19,22)(H2,20,21,23)/t10-/m0/s1. The molecule has 0 saturated heterocycles. The first-order valence-corrected chi connectivity index (χ1v) is 8.01. The minimum absolute atomic E-state index is 0.0727. The van der Waals surface area contributed by atoms with E-state index < -0.39 is 11.8 Å². The van der Waals surface area contributed by atoms with Gasteiger partial charge in [-0.15, -0.1) is 0 Å². The van der Waals surface area contributed by atoms with Crippen LogP contribution in [0, 0.1) is 5.82 Å². The number of aromatic amines is 1. The van der Waals surface area contributed by atoms with Crippen LogP contribution >= 0.6 is 0 Å². The van der Waals surface area contributed by atoms with Gasteiger partial charge < -0.3 is 15.4 Å².